The van der Waals surface area contributed by atoms with E-state index in [4.69, 9.17) is 11.0 Å². The van der Waals surface area contributed by atoms with Crippen molar-refractivity contribution in [1.82, 2.24) is 9.88 Å². The Morgan fingerprint density at radius 2 is 2.22 bits per heavy atom. The van der Waals surface area contributed by atoms with Crippen molar-refractivity contribution in [3.8, 4) is 6.07 Å². The second-order valence-electron chi connectivity index (χ2n) is 5.19. The molecule has 0 spiro atoms. The number of nitrogens with one attached hydrogen (secondary N) is 1. The van der Waals surface area contributed by atoms with E-state index in [9.17, 15) is 4.79 Å². The smallest absolute Gasteiger partial charge is 0.219 e. The first-order valence-electron chi connectivity index (χ1n) is 5.85. The van der Waals surface area contributed by atoms with Gasteiger partial charge in [-0.2, -0.15) is 5.26 Å². The van der Waals surface area contributed by atoms with Crippen LogP contribution in [-0.4, -0.2) is 16.0 Å². The fourth-order valence-electron chi connectivity index (χ4n) is 1.88. The first kappa shape index (κ1) is 14.3. The molecular weight excluding hydrogens is 228 g/mol. The number of nitrogens with zero attached hydrogens (tertiary/aromatic N) is 2. The number of nitriles is 1. The van der Waals surface area contributed by atoms with Gasteiger partial charge in [0.15, 0.2) is 0 Å². The maximum absolute atomic E-state index is 10.9. The van der Waals surface area contributed by atoms with Gasteiger partial charge in [-0.3, -0.25) is 4.79 Å². The zero-order valence-corrected chi connectivity index (χ0v) is 11.4. The lowest BCUT2D eigenvalue weighted by molar-refractivity contribution is -0.119. The zero-order chi connectivity index (χ0) is 13.9. The molecule has 1 heterocycles. The molecule has 0 unspecified atom stereocenters. The van der Waals surface area contributed by atoms with Crippen molar-refractivity contribution in [2.75, 3.05) is 0 Å². The zero-order valence-electron chi connectivity index (χ0n) is 11.4. The molecule has 1 aromatic rings. The second kappa shape index (κ2) is 5.23. The molecule has 0 fully saturated rings. The number of amides is 1. The third kappa shape index (κ3) is 3.34. The van der Waals surface area contributed by atoms with Gasteiger partial charge in [0.1, 0.15) is 11.8 Å². The minimum absolute atomic E-state index is 0.282. The highest BCUT2D eigenvalue weighted by Crippen LogP contribution is 2.15. The summed E-state index contributed by atoms with van der Waals surface area (Å²) in [5, 5.41) is 12.2. The van der Waals surface area contributed by atoms with E-state index in [1.807, 2.05) is 38.5 Å². The first-order chi connectivity index (χ1) is 8.26. The predicted molar refractivity (Wildman–Crippen MR) is 69.6 cm³/mol. The molecule has 0 atom stereocenters. The predicted octanol–water partition coefficient (Wildman–Crippen LogP) is 0.949. The number of rotatable bonds is 5. The number of primary amides is 1. The van der Waals surface area contributed by atoms with Crippen LogP contribution in [0.1, 0.15) is 37.2 Å². The Kier molecular flexibility index (Phi) is 4.15. The van der Waals surface area contributed by atoms with E-state index >= 15 is 0 Å². The molecule has 0 aromatic carbocycles. The number of hydrogen-bond acceptors (Lipinski definition) is 3. The molecule has 3 N–H and O–H groups in total. The summed E-state index contributed by atoms with van der Waals surface area (Å²) in [7, 11) is 1.87. The van der Waals surface area contributed by atoms with Crippen LogP contribution >= 0.6 is 0 Å². The van der Waals surface area contributed by atoms with Crippen LogP contribution in [0.25, 0.3) is 0 Å². The van der Waals surface area contributed by atoms with Crippen LogP contribution in [0.4, 0.5) is 0 Å². The fraction of sp³-hybridized carbons (Fsp3) is 0.538. The summed E-state index contributed by atoms with van der Waals surface area (Å²) in [6.45, 7) is 6.45. The normalized spacial score (nSPS) is 11.3. The van der Waals surface area contributed by atoms with Crippen LogP contribution < -0.4 is 11.1 Å². The van der Waals surface area contributed by atoms with E-state index < -0.39 is 0 Å². The van der Waals surface area contributed by atoms with E-state index in [1.54, 1.807) is 0 Å². The highest BCUT2D eigenvalue weighted by molar-refractivity contribution is 5.75. The topological polar surface area (TPSA) is 83.8 Å². The van der Waals surface area contributed by atoms with Gasteiger partial charge in [-0.25, -0.2) is 0 Å². The summed E-state index contributed by atoms with van der Waals surface area (Å²) >= 11 is 0. The third-order valence-electron chi connectivity index (χ3n) is 3.13. The molecule has 98 valence electrons. The SMILES string of the molecule is Cc1c(CNC(C)(C)CC(N)=O)cc(C#N)n1C. The van der Waals surface area contributed by atoms with E-state index in [-0.39, 0.29) is 17.9 Å². The molecule has 0 aliphatic rings. The largest absolute Gasteiger partial charge is 0.370 e. The highest BCUT2D eigenvalue weighted by atomic mass is 16.1. The average molecular weight is 248 g/mol. The molecule has 0 radical (unpaired) electrons. The number of carbonyl (C=O) groups excluding carboxylic acids is 1. The molecule has 5 heteroatoms. The molecule has 0 bridgehead atoms. The molecule has 1 amide bonds. The van der Waals surface area contributed by atoms with Crippen LogP contribution in [0.3, 0.4) is 0 Å². The molecule has 1 rings (SSSR count). The van der Waals surface area contributed by atoms with Gasteiger partial charge in [0.2, 0.25) is 5.91 Å². The molecule has 0 saturated carbocycles. The standard InChI is InChI=1S/C13H20N4O/c1-9-10(5-11(7-14)17(9)4)8-16-13(2,3)6-12(15)18/h5,16H,6,8H2,1-4H3,(H2,15,18). The van der Waals surface area contributed by atoms with Gasteiger partial charge in [0, 0.05) is 31.2 Å². The van der Waals surface area contributed by atoms with E-state index in [2.05, 4.69) is 11.4 Å². The van der Waals surface area contributed by atoms with Crippen LogP contribution in [0.5, 0.6) is 0 Å². The molecule has 0 saturated heterocycles. The summed E-state index contributed by atoms with van der Waals surface area (Å²) < 4.78 is 1.86. The Balaban J connectivity index is 2.75. The van der Waals surface area contributed by atoms with Crippen LogP contribution in [-0.2, 0) is 18.4 Å². The van der Waals surface area contributed by atoms with Gasteiger partial charge in [-0.05, 0) is 32.4 Å². The van der Waals surface area contributed by atoms with Gasteiger partial charge in [-0.1, -0.05) is 0 Å². The second-order valence-corrected chi connectivity index (χ2v) is 5.19. The molecule has 18 heavy (non-hydrogen) atoms. The Bertz CT molecular complexity index is 494. The maximum atomic E-state index is 10.9. The van der Waals surface area contributed by atoms with Crippen LogP contribution in [0.15, 0.2) is 6.07 Å². The van der Waals surface area contributed by atoms with Crippen LogP contribution in [0.2, 0.25) is 0 Å². The molecular formula is C13H20N4O. The van der Waals surface area contributed by atoms with Crippen molar-refractivity contribution < 1.29 is 4.79 Å². The summed E-state index contributed by atoms with van der Waals surface area (Å²) in [6.07, 6.45) is 0.282. The average Bonchev–Trinajstić information content (AvgIpc) is 2.52. The Hall–Kier alpha value is -1.80. The van der Waals surface area contributed by atoms with Gasteiger partial charge < -0.3 is 15.6 Å². The van der Waals surface area contributed by atoms with Crippen molar-refractivity contribution in [3.63, 3.8) is 0 Å². The molecule has 0 aliphatic carbocycles. The lowest BCUT2D eigenvalue weighted by Crippen LogP contribution is -2.42. The monoisotopic (exact) mass is 248 g/mol. The van der Waals surface area contributed by atoms with Crippen molar-refractivity contribution in [3.05, 3.63) is 23.0 Å². The van der Waals surface area contributed by atoms with E-state index in [1.165, 1.54) is 0 Å². The van der Waals surface area contributed by atoms with Crippen molar-refractivity contribution in [2.45, 2.75) is 39.3 Å². The van der Waals surface area contributed by atoms with Gasteiger partial charge >= 0.3 is 0 Å². The minimum Gasteiger partial charge on any atom is -0.370 e. The Morgan fingerprint density at radius 3 is 2.67 bits per heavy atom. The summed E-state index contributed by atoms with van der Waals surface area (Å²) in [5.41, 5.74) is 7.60. The number of hydrogen-bond donors (Lipinski definition) is 2. The molecule has 1 aromatic heterocycles. The van der Waals surface area contributed by atoms with E-state index in [0.717, 1.165) is 11.3 Å². The summed E-state index contributed by atoms with van der Waals surface area (Å²) in [5.74, 6) is -0.324. The minimum atomic E-state index is -0.346. The van der Waals surface area contributed by atoms with Gasteiger partial charge in [0.25, 0.3) is 0 Å². The van der Waals surface area contributed by atoms with E-state index in [0.29, 0.717) is 12.2 Å². The van der Waals surface area contributed by atoms with Crippen molar-refractivity contribution in [2.24, 2.45) is 12.8 Å². The quantitative estimate of drug-likeness (QED) is 0.813. The third-order valence-corrected chi connectivity index (χ3v) is 3.13. The molecule has 0 aliphatic heterocycles. The summed E-state index contributed by atoms with van der Waals surface area (Å²) in [6, 6.07) is 4.01. The number of aromatic nitrogens is 1. The maximum Gasteiger partial charge on any atom is 0.219 e. The van der Waals surface area contributed by atoms with Gasteiger partial charge in [0.05, 0.1) is 0 Å². The lowest BCUT2D eigenvalue weighted by atomic mass is 10.00. The number of nitrogens with two attached hydrogens (primary N) is 1. The van der Waals surface area contributed by atoms with Crippen molar-refractivity contribution in [1.29, 1.82) is 5.26 Å². The highest BCUT2D eigenvalue weighted by Gasteiger charge is 2.20. The summed E-state index contributed by atoms with van der Waals surface area (Å²) in [4.78, 5) is 10.9. The fourth-order valence-corrected chi connectivity index (χ4v) is 1.88. The Labute approximate surface area is 108 Å². The Morgan fingerprint density at radius 1 is 1.61 bits per heavy atom. The van der Waals surface area contributed by atoms with Crippen molar-refractivity contribution >= 4 is 5.91 Å². The molecule has 5 nitrogen and oxygen atoms in total. The van der Waals surface area contributed by atoms with Crippen LogP contribution in [0, 0.1) is 18.3 Å². The number of carbonyl (C=O) groups is 1. The first-order valence-corrected chi connectivity index (χ1v) is 5.85. The van der Waals surface area contributed by atoms with Gasteiger partial charge in [-0.15, -0.1) is 0 Å². The lowest BCUT2D eigenvalue weighted by Gasteiger charge is -2.24.